The Bertz CT molecular complexity index is 380. The van der Waals surface area contributed by atoms with Gasteiger partial charge in [-0.15, -0.1) is 11.8 Å². The summed E-state index contributed by atoms with van der Waals surface area (Å²) in [7, 11) is 0. The van der Waals surface area contributed by atoms with Gasteiger partial charge < -0.3 is 10.2 Å². The summed E-state index contributed by atoms with van der Waals surface area (Å²) in [5.41, 5.74) is 0. The Morgan fingerprint density at radius 2 is 2.14 bits per heavy atom. The van der Waals surface area contributed by atoms with E-state index < -0.39 is 0 Å². The van der Waals surface area contributed by atoms with Gasteiger partial charge in [0.25, 0.3) is 0 Å². The van der Waals surface area contributed by atoms with E-state index in [1.165, 1.54) is 43.8 Å². The highest BCUT2D eigenvalue weighted by Crippen LogP contribution is 2.20. The summed E-state index contributed by atoms with van der Waals surface area (Å²) in [6.45, 7) is 9.62. The predicted molar refractivity (Wildman–Crippen MR) is 94.1 cm³/mol. The van der Waals surface area contributed by atoms with Crippen molar-refractivity contribution >= 4 is 11.8 Å². The molecule has 2 atom stereocenters. The molecule has 1 fully saturated rings. The van der Waals surface area contributed by atoms with Crippen molar-refractivity contribution in [3.63, 3.8) is 0 Å². The minimum atomic E-state index is 0.640. The number of hydrogen-bond donors (Lipinski definition) is 1. The highest BCUT2D eigenvalue weighted by atomic mass is 32.2. The van der Waals surface area contributed by atoms with E-state index in [0.29, 0.717) is 6.04 Å². The van der Waals surface area contributed by atoms with Crippen LogP contribution in [-0.4, -0.2) is 42.9 Å². The lowest BCUT2D eigenvalue weighted by Crippen LogP contribution is -2.45. The van der Waals surface area contributed by atoms with Crippen molar-refractivity contribution in [2.24, 2.45) is 5.92 Å². The van der Waals surface area contributed by atoms with Crippen LogP contribution in [0.1, 0.15) is 33.1 Å². The molecule has 2 nitrogen and oxygen atoms in total. The van der Waals surface area contributed by atoms with Crippen LogP contribution >= 0.6 is 11.8 Å². The van der Waals surface area contributed by atoms with Crippen LogP contribution < -0.4 is 5.32 Å². The van der Waals surface area contributed by atoms with E-state index in [1.807, 2.05) is 11.8 Å². The molecule has 0 aliphatic carbocycles. The van der Waals surface area contributed by atoms with Crippen LogP contribution in [0.15, 0.2) is 35.2 Å². The second-order valence-electron chi connectivity index (χ2n) is 6.11. The molecule has 0 spiro atoms. The van der Waals surface area contributed by atoms with Gasteiger partial charge in [0.15, 0.2) is 0 Å². The molecule has 0 bridgehead atoms. The van der Waals surface area contributed by atoms with Gasteiger partial charge in [0, 0.05) is 29.8 Å². The van der Waals surface area contributed by atoms with Crippen molar-refractivity contribution in [3.8, 4) is 0 Å². The summed E-state index contributed by atoms with van der Waals surface area (Å²) in [6, 6.07) is 11.3. The summed E-state index contributed by atoms with van der Waals surface area (Å²) in [6.07, 6.45) is 4.04. The highest BCUT2D eigenvalue weighted by molar-refractivity contribution is 7.99. The first-order chi connectivity index (χ1) is 10.3. The van der Waals surface area contributed by atoms with Gasteiger partial charge in [-0.2, -0.15) is 0 Å². The van der Waals surface area contributed by atoms with Crippen molar-refractivity contribution in [1.29, 1.82) is 0 Å². The standard InChI is InChI=1S/C18H30N2S/c1-3-12-20-13-7-8-17(15-20)16(2)19-11-14-21-18-9-5-4-6-10-18/h4-6,9-10,16-17,19H,3,7-8,11-15H2,1-2H3. The number of nitrogens with zero attached hydrogens (tertiary/aromatic N) is 1. The molecule has 1 aromatic carbocycles. The van der Waals surface area contributed by atoms with Gasteiger partial charge in [-0.25, -0.2) is 0 Å². The van der Waals surface area contributed by atoms with Crippen molar-refractivity contribution in [2.75, 3.05) is 31.9 Å². The highest BCUT2D eigenvalue weighted by Gasteiger charge is 2.23. The maximum atomic E-state index is 3.74. The van der Waals surface area contributed by atoms with Gasteiger partial charge >= 0.3 is 0 Å². The van der Waals surface area contributed by atoms with Gasteiger partial charge in [0.1, 0.15) is 0 Å². The summed E-state index contributed by atoms with van der Waals surface area (Å²) in [5.74, 6) is 1.98. The third-order valence-corrected chi connectivity index (χ3v) is 5.38. The number of likely N-dealkylation sites (tertiary alicyclic amines) is 1. The first kappa shape index (κ1) is 16.9. The monoisotopic (exact) mass is 306 g/mol. The largest absolute Gasteiger partial charge is 0.313 e. The second-order valence-corrected chi connectivity index (χ2v) is 7.28. The van der Waals surface area contributed by atoms with Gasteiger partial charge in [-0.05, 0) is 57.3 Å². The summed E-state index contributed by atoms with van der Waals surface area (Å²) < 4.78 is 0. The number of piperidine rings is 1. The third kappa shape index (κ3) is 6.01. The fourth-order valence-electron chi connectivity index (χ4n) is 3.16. The van der Waals surface area contributed by atoms with Crippen LogP contribution in [0, 0.1) is 5.92 Å². The lowest BCUT2D eigenvalue weighted by molar-refractivity contribution is 0.152. The molecule has 0 amide bonds. The Kier molecular flexibility index (Phi) is 7.62. The maximum absolute atomic E-state index is 3.74. The molecule has 2 rings (SSSR count). The fourth-order valence-corrected chi connectivity index (χ4v) is 3.96. The van der Waals surface area contributed by atoms with Gasteiger partial charge in [0.05, 0.1) is 0 Å². The number of hydrogen-bond acceptors (Lipinski definition) is 3. The molecule has 2 unspecified atom stereocenters. The zero-order valence-electron chi connectivity index (χ0n) is 13.6. The van der Waals surface area contributed by atoms with Crippen molar-refractivity contribution in [1.82, 2.24) is 10.2 Å². The molecule has 0 radical (unpaired) electrons. The smallest absolute Gasteiger partial charge is 0.0106 e. The molecule has 0 aromatic heterocycles. The van der Waals surface area contributed by atoms with Gasteiger partial charge in [-0.1, -0.05) is 25.1 Å². The molecular weight excluding hydrogens is 276 g/mol. The van der Waals surface area contributed by atoms with E-state index in [-0.39, 0.29) is 0 Å². The zero-order valence-corrected chi connectivity index (χ0v) is 14.4. The third-order valence-electron chi connectivity index (χ3n) is 4.37. The Labute approximate surface area is 134 Å². The Morgan fingerprint density at radius 3 is 2.90 bits per heavy atom. The Morgan fingerprint density at radius 1 is 1.33 bits per heavy atom. The van der Waals surface area contributed by atoms with Crippen molar-refractivity contribution in [2.45, 2.75) is 44.0 Å². The molecule has 1 heterocycles. The van der Waals surface area contributed by atoms with Crippen molar-refractivity contribution < 1.29 is 0 Å². The van der Waals surface area contributed by atoms with Crippen LogP contribution in [0.25, 0.3) is 0 Å². The van der Waals surface area contributed by atoms with E-state index in [2.05, 4.69) is 54.4 Å². The average molecular weight is 307 g/mol. The van der Waals surface area contributed by atoms with E-state index >= 15 is 0 Å². The average Bonchev–Trinajstić information content (AvgIpc) is 2.53. The van der Waals surface area contributed by atoms with Crippen LogP contribution in [0.2, 0.25) is 0 Å². The molecule has 21 heavy (non-hydrogen) atoms. The Hall–Kier alpha value is -0.510. The van der Waals surface area contributed by atoms with E-state index in [9.17, 15) is 0 Å². The summed E-state index contributed by atoms with van der Waals surface area (Å²) >= 11 is 1.94. The zero-order chi connectivity index (χ0) is 14.9. The molecule has 1 aromatic rings. The summed E-state index contributed by atoms with van der Waals surface area (Å²) in [5, 5.41) is 3.74. The van der Waals surface area contributed by atoms with E-state index in [0.717, 1.165) is 18.2 Å². The first-order valence-corrected chi connectivity index (χ1v) is 9.41. The SMILES string of the molecule is CCCN1CCCC(C(C)NCCSc2ccccc2)C1. The number of benzene rings is 1. The lowest BCUT2D eigenvalue weighted by atomic mass is 9.91. The maximum Gasteiger partial charge on any atom is 0.0106 e. The quantitative estimate of drug-likeness (QED) is 0.579. The number of thioether (sulfide) groups is 1. The van der Waals surface area contributed by atoms with Crippen LogP contribution in [0.4, 0.5) is 0 Å². The van der Waals surface area contributed by atoms with Crippen LogP contribution in [0.5, 0.6) is 0 Å². The fraction of sp³-hybridized carbons (Fsp3) is 0.667. The molecule has 3 heteroatoms. The normalized spacial score (nSPS) is 21.3. The predicted octanol–water partition coefficient (Wildman–Crippen LogP) is 3.88. The minimum absolute atomic E-state index is 0.640. The first-order valence-electron chi connectivity index (χ1n) is 8.43. The van der Waals surface area contributed by atoms with Crippen molar-refractivity contribution in [3.05, 3.63) is 30.3 Å². The topological polar surface area (TPSA) is 15.3 Å². The number of nitrogens with one attached hydrogen (secondary N) is 1. The molecule has 0 saturated carbocycles. The minimum Gasteiger partial charge on any atom is -0.313 e. The van der Waals surface area contributed by atoms with E-state index in [1.54, 1.807) is 0 Å². The summed E-state index contributed by atoms with van der Waals surface area (Å²) in [4.78, 5) is 4.02. The van der Waals surface area contributed by atoms with Gasteiger partial charge in [-0.3, -0.25) is 0 Å². The second kappa shape index (κ2) is 9.50. The van der Waals surface area contributed by atoms with E-state index in [4.69, 9.17) is 0 Å². The lowest BCUT2D eigenvalue weighted by Gasteiger charge is -2.36. The molecule has 1 aliphatic heterocycles. The Balaban J connectivity index is 1.63. The molecular formula is C18H30N2S. The van der Waals surface area contributed by atoms with Gasteiger partial charge in [0.2, 0.25) is 0 Å². The molecule has 1 N–H and O–H groups in total. The number of rotatable bonds is 8. The van der Waals surface area contributed by atoms with Crippen LogP contribution in [-0.2, 0) is 0 Å². The molecule has 1 aliphatic rings. The molecule has 118 valence electrons. The molecule has 1 saturated heterocycles. The van der Waals surface area contributed by atoms with Crippen LogP contribution in [0.3, 0.4) is 0 Å².